The Morgan fingerprint density at radius 1 is 1.69 bits per heavy atom. The summed E-state index contributed by atoms with van der Waals surface area (Å²) in [5.74, 6) is 0.0276. The second-order valence-corrected chi connectivity index (χ2v) is 5.26. The van der Waals surface area contributed by atoms with Crippen LogP contribution in [0.4, 0.5) is 0 Å². The molecule has 0 saturated carbocycles. The summed E-state index contributed by atoms with van der Waals surface area (Å²) >= 11 is 1.79. The van der Waals surface area contributed by atoms with Crippen molar-refractivity contribution in [3.63, 3.8) is 0 Å². The molecular weight excluding hydrogens is 220 g/mol. The van der Waals surface area contributed by atoms with Crippen LogP contribution in [-0.2, 0) is 4.79 Å². The van der Waals surface area contributed by atoms with Gasteiger partial charge in [0.15, 0.2) is 0 Å². The van der Waals surface area contributed by atoms with Gasteiger partial charge in [-0.25, -0.2) is 0 Å². The molecule has 1 aliphatic rings. The summed E-state index contributed by atoms with van der Waals surface area (Å²) in [6.07, 6.45) is 1.39. The van der Waals surface area contributed by atoms with Crippen LogP contribution in [-0.4, -0.2) is 30.4 Å². The van der Waals surface area contributed by atoms with E-state index in [9.17, 15) is 4.79 Å². The number of piperazine rings is 1. The highest BCUT2D eigenvalue weighted by Crippen LogP contribution is 2.24. The van der Waals surface area contributed by atoms with E-state index in [1.54, 1.807) is 11.3 Å². The zero-order chi connectivity index (χ0) is 11.5. The molecule has 86 valence electrons. The predicted molar refractivity (Wildman–Crippen MR) is 66.6 cm³/mol. The highest BCUT2D eigenvalue weighted by atomic mass is 32.1. The number of nitrogens with zero attached hydrogens (tertiary/aromatic N) is 1. The van der Waals surface area contributed by atoms with E-state index in [0.29, 0.717) is 0 Å². The first-order chi connectivity index (χ1) is 7.70. The fourth-order valence-corrected chi connectivity index (χ4v) is 2.85. The van der Waals surface area contributed by atoms with Gasteiger partial charge in [0, 0.05) is 29.4 Å². The van der Waals surface area contributed by atoms with Crippen LogP contribution in [0, 0.1) is 6.92 Å². The fraction of sp³-hybridized carbons (Fsp3) is 0.417. The van der Waals surface area contributed by atoms with Crippen molar-refractivity contribution in [3.05, 3.63) is 34.5 Å². The van der Waals surface area contributed by atoms with Gasteiger partial charge in [-0.2, -0.15) is 0 Å². The molecule has 1 fully saturated rings. The van der Waals surface area contributed by atoms with Gasteiger partial charge in [-0.15, -0.1) is 11.3 Å². The number of carbonyl (C=O) groups is 1. The summed E-state index contributed by atoms with van der Waals surface area (Å²) in [5.41, 5.74) is 0. The molecule has 1 aromatic heterocycles. The van der Waals surface area contributed by atoms with Gasteiger partial charge in [-0.3, -0.25) is 4.79 Å². The number of amides is 1. The maximum absolute atomic E-state index is 11.5. The van der Waals surface area contributed by atoms with E-state index in [1.165, 1.54) is 15.8 Å². The standard InChI is InChI=1S/C12H16N2OS/c1-3-12(15)14-7-6-13-10(8-14)11-5-4-9(2)16-11/h3-5,10,13H,1,6-8H2,2H3. The zero-order valence-electron chi connectivity index (χ0n) is 9.40. The lowest BCUT2D eigenvalue weighted by atomic mass is 10.1. The number of thiophene rings is 1. The van der Waals surface area contributed by atoms with Crippen LogP contribution in [0.1, 0.15) is 15.8 Å². The van der Waals surface area contributed by atoms with Gasteiger partial charge in [0.2, 0.25) is 5.91 Å². The van der Waals surface area contributed by atoms with E-state index in [-0.39, 0.29) is 11.9 Å². The van der Waals surface area contributed by atoms with Crippen molar-refractivity contribution in [1.29, 1.82) is 0 Å². The first kappa shape index (κ1) is 11.4. The van der Waals surface area contributed by atoms with Gasteiger partial charge >= 0.3 is 0 Å². The van der Waals surface area contributed by atoms with Crippen LogP contribution in [0.3, 0.4) is 0 Å². The van der Waals surface area contributed by atoms with Crippen LogP contribution in [0.5, 0.6) is 0 Å². The van der Waals surface area contributed by atoms with Crippen LogP contribution >= 0.6 is 11.3 Å². The summed E-state index contributed by atoms with van der Waals surface area (Å²) in [6, 6.07) is 4.53. The lowest BCUT2D eigenvalue weighted by Gasteiger charge is -2.32. The van der Waals surface area contributed by atoms with Crippen molar-refractivity contribution in [2.75, 3.05) is 19.6 Å². The second-order valence-electron chi connectivity index (χ2n) is 3.94. The average molecular weight is 236 g/mol. The van der Waals surface area contributed by atoms with Gasteiger partial charge < -0.3 is 10.2 Å². The molecule has 0 spiro atoms. The molecule has 1 atom stereocenters. The summed E-state index contributed by atoms with van der Waals surface area (Å²) < 4.78 is 0. The number of hydrogen-bond donors (Lipinski definition) is 1. The molecule has 1 N–H and O–H groups in total. The Morgan fingerprint density at radius 2 is 2.50 bits per heavy atom. The average Bonchev–Trinajstić information content (AvgIpc) is 2.75. The third-order valence-electron chi connectivity index (χ3n) is 2.77. The summed E-state index contributed by atoms with van der Waals surface area (Å²) in [6.45, 7) is 7.99. The van der Waals surface area contributed by atoms with Crippen molar-refractivity contribution in [2.45, 2.75) is 13.0 Å². The Morgan fingerprint density at radius 3 is 3.12 bits per heavy atom. The van der Waals surface area contributed by atoms with Crippen molar-refractivity contribution in [1.82, 2.24) is 10.2 Å². The van der Waals surface area contributed by atoms with Crippen molar-refractivity contribution >= 4 is 17.2 Å². The molecule has 16 heavy (non-hydrogen) atoms. The van der Waals surface area contributed by atoms with Crippen LogP contribution in [0.15, 0.2) is 24.8 Å². The third kappa shape index (κ3) is 2.33. The predicted octanol–water partition coefficient (Wildman–Crippen LogP) is 1.72. The molecular formula is C12H16N2OS. The SMILES string of the molecule is C=CC(=O)N1CCNC(c2ccc(C)s2)C1. The van der Waals surface area contributed by atoms with Crippen molar-refractivity contribution in [3.8, 4) is 0 Å². The van der Waals surface area contributed by atoms with Crippen LogP contribution < -0.4 is 5.32 Å². The molecule has 1 aromatic rings. The minimum absolute atomic E-state index is 0.0276. The molecule has 2 rings (SSSR count). The first-order valence-electron chi connectivity index (χ1n) is 5.42. The maximum Gasteiger partial charge on any atom is 0.246 e. The molecule has 0 aromatic carbocycles. The second kappa shape index (κ2) is 4.80. The molecule has 1 saturated heterocycles. The third-order valence-corrected chi connectivity index (χ3v) is 3.88. The van der Waals surface area contributed by atoms with E-state index >= 15 is 0 Å². The summed E-state index contributed by atoms with van der Waals surface area (Å²) in [4.78, 5) is 16.0. The lowest BCUT2D eigenvalue weighted by Crippen LogP contribution is -2.47. The fourth-order valence-electron chi connectivity index (χ4n) is 1.91. The highest BCUT2D eigenvalue weighted by Gasteiger charge is 2.23. The Balaban J connectivity index is 2.07. The Labute approximate surface area is 99.8 Å². The highest BCUT2D eigenvalue weighted by molar-refractivity contribution is 7.12. The topological polar surface area (TPSA) is 32.3 Å². The van der Waals surface area contributed by atoms with E-state index in [0.717, 1.165) is 19.6 Å². The minimum atomic E-state index is 0.0276. The van der Waals surface area contributed by atoms with Gasteiger partial charge in [0.25, 0.3) is 0 Å². The number of hydrogen-bond acceptors (Lipinski definition) is 3. The normalized spacial score (nSPS) is 20.8. The van der Waals surface area contributed by atoms with Gasteiger partial charge in [0.1, 0.15) is 0 Å². The number of carbonyl (C=O) groups excluding carboxylic acids is 1. The van der Waals surface area contributed by atoms with Gasteiger partial charge in [-0.05, 0) is 25.1 Å². The van der Waals surface area contributed by atoms with Crippen molar-refractivity contribution < 1.29 is 4.79 Å². The monoisotopic (exact) mass is 236 g/mol. The molecule has 0 aliphatic carbocycles. The molecule has 0 radical (unpaired) electrons. The Kier molecular flexibility index (Phi) is 3.41. The molecule has 1 aliphatic heterocycles. The first-order valence-corrected chi connectivity index (χ1v) is 6.23. The lowest BCUT2D eigenvalue weighted by molar-refractivity contribution is -0.127. The van der Waals surface area contributed by atoms with Gasteiger partial charge in [-0.1, -0.05) is 6.58 Å². The number of nitrogens with one attached hydrogen (secondary N) is 1. The molecule has 3 nitrogen and oxygen atoms in total. The zero-order valence-corrected chi connectivity index (χ0v) is 10.2. The summed E-state index contributed by atoms with van der Waals surface area (Å²) in [5, 5.41) is 3.44. The van der Waals surface area contributed by atoms with E-state index in [4.69, 9.17) is 0 Å². The Bertz CT molecular complexity index is 399. The molecule has 1 unspecified atom stereocenters. The molecule has 1 amide bonds. The summed E-state index contributed by atoms with van der Waals surface area (Å²) in [7, 11) is 0. The molecule has 0 bridgehead atoms. The minimum Gasteiger partial charge on any atom is -0.336 e. The molecule has 4 heteroatoms. The van der Waals surface area contributed by atoms with E-state index in [2.05, 4.69) is 31.0 Å². The largest absolute Gasteiger partial charge is 0.336 e. The maximum atomic E-state index is 11.5. The number of aryl methyl sites for hydroxylation is 1. The number of rotatable bonds is 2. The van der Waals surface area contributed by atoms with E-state index < -0.39 is 0 Å². The Hall–Kier alpha value is -1.13. The quantitative estimate of drug-likeness (QED) is 0.793. The van der Waals surface area contributed by atoms with Crippen molar-refractivity contribution in [2.24, 2.45) is 0 Å². The smallest absolute Gasteiger partial charge is 0.246 e. The van der Waals surface area contributed by atoms with Crippen LogP contribution in [0.2, 0.25) is 0 Å². The molecule has 2 heterocycles. The van der Waals surface area contributed by atoms with Crippen LogP contribution in [0.25, 0.3) is 0 Å². The van der Waals surface area contributed by atoms with Gasteiger partial charge in [0.05, 0.1) is 6.04 Å². The van der Waals surface area contributed by atoms with E-state index in [1.807, 2.05) is 4.90 Å².